The summed E-state index contributed by atoms with van der Waals surface area (Å²) < 4.78 is 0. The lowest BCUT2D eigenvalue weighted by atomic mass is 9.95. The maximum Gasteiger partial charge on any atom is 0.0649 e. The van der Waals surface area contributed by atoms with Gasteiger partial charge < -0.3 is 0 Å². The van der Waals surface area contributed by atoms with E-state index in [1.807, 2.05) is 13.0 Å². The number of hydrogen-bond donors (Lipinski definition) is 0. The van der Waals surface area contributed by atoms with Gasteiger partial charge in [-0.1, -0.05) is 57.4 Å². The molecule has 0 aliphatic heterocycles. The molecule has 2 aromatic carbocycles. The maximum atomic E-state index is 6.17. The standard InChI is InChI=1S/C17H18BrCl/c1-10-5-6-14(11(2)7-10)17(18)15-8-13(4)16(19)9-12(15)3/h5-9,17H,1-4H3. The molecule has 0 aliphatic rings. The molecule has 0 saturated heterocycles. The first-order valence-corrected chi connectivity index (χ1v) is 7.67. The number of alkyl halides is 1. The van der Waals surface area contributed by atoms with Crippen LogP contribution < -0.4 is 0 Å². The Hall–Kier alpha value is -0.790. The molecule has 2 heteroatoms. The van der Waals surface area contributed by atoms with Crippen LogP contribution in [0.15, 0.2) is 30.3 Å². The van der Waals surface area contributed by atoms with Gasteiger partial charge in [0.25, 0.3) is 0 Å². The molecule has 0 N–H and O–H groups in total. The molecule has 0 bridgehead atoms. The van der Waals surface area contributed by atoms with Crippen molar-refractivity contribution in [2.45, 2.75) is 32.5 Å². The average Bonchev–Trinajstić information content (AvgIpc) is 2.33. The highest BCUT2D eigenvalue weighted by Gasteiger charge is 2.16. The number of halogens is 2. The Labute approximate surface area is 128 Å². The van der Waals surface area contributed by atoms with Crippen LogP contribution >= 0.6 is 27.5 Å². The van der Waals surface area contributed by atoms with Crippen LogP contribution in [-0.2, 0) is 0 Å². The molecule has 0 heterocycles. The molecule has 0 nitrogen and oxygen atoms in total. The van der Waals surface area contributed by atoms with Crippen molar-refractivity contribution in [3.05, 3.63) is 68.7 Å². The van der Waals surface area contributed by atoms with Crippen molar-refractivity contribution in [1.29, 1.82) is 0 Å². The number of hydrogen-bond acceptors (Lipinski definition) is 0. The molecule has 0 fully saturated rings. The topological polar surface area (TPSA) is 0 Å². The van der Waals surface area contributed by atoms with Crippen LogP contribution in [-0.4, -0.2) is 0 Å². The molecule has 2 rings (SSSR count). The zero-order valence-corrected chi connectivity index (χ0v) is 14.1. The Morgan fingerprint density at radius 3 is 2.11 bits per heavy atom. The third kappa shape index (κ3) is 3.04. The Balaban J connectivity index is 2.49. The third-order valence-electron chi connectivity index (χ3n) is 3.52. The summed E-state index contributed by atoms with van der Waals surface area (Å²) in [4.78, 5) is 0.212. The van der Waals surface area contributed by atoms with Gasteiger partial charge >= 0.3 is 0 Å². The fourth-order valence-electron chi connectivity index (χ4n) is 2.35. The smallest absolute Gasteiger partial charge is 0.0649 e. The van der Waals surface area contributed by atoms with Gasteiger partial charge in [0.2, 0.25) is 0 Å². The molecule has 100 valence electrons. The third-order valence-corrected chi connectivity index (χ3v) is 4.91. The predicted octanol–water partition coefficient (Wildman–Crippen LogP) is 6.06. The van der Waals surface area contributed by atoms with Gasteiger partial charge in [-0.05, 0) is 61.6 Å². The van der Waals surface area contributed by atoms with Crippen molar-refractivity contribution in [2.24, 2.45) is 0 Å². The Morgan fingerprint density at radius 2 is 1.47 bits per heavy atom. The Kier molecular flexibility index (Phi) is 4.37. The SMILES string of the molecule is Cc1ccc(C(Br)c2cc(C)c(Cl)cc2C)c(C)c1. The van der Waals surface area contributed by atoms with Crippen molar-refractivity contribution in [1.82, 2.24) is 0 Å². The normalized spacial score (nSPS) is 12.5. The van der Waals surface area contributed by atoms with Crippen molar-refractivity contribution in [3.63, 3.8) is 0 Å². The van der Waals surface area contributed by atoms with E-state index in [2.05, 4.69) is 61.0 Å². The van der Waals surface area contributed by atoms with Gasteiger partial charge in [-0.15, -0.1) is 0 Å². The van der Waals surface area contributed by atoms with Crippen molar-refractivity contribution < 1.29 is 0 Å². The van der Waals surface area contributed by atoms with Crippen LogP contribution in [0.25, 0.3) is 0 Å². The van der Waals surface area contributed by atoms with E-state index in [1.54, 1.807) is 0 Å². The van der Waals surface area contributed by atoms with Gasteiger partial charge in [0.15, 0.2) is 0 Å². The van der Waals surface area contributed by atoms with Crippen LogP contribution in [0.4, 0.5) is 0 Å². The molecule has 0 aliphatic carbocycles. The van der Waals surface area contributed by atoms with Crippen LogP contribution in [0.5, 0.6) is 0 Å². The minimum absolute atomic E-state index is 0.212. The minimum atomic E-state index is 0.212. The van der Waals surface area contributed by atoms with Crippen LogP contribution in [0.3, 0.4) is 0 Å². The van der Waals surface area contributed by atoms with Gasteiger partial charge in [-0.25, -0.2) is 0 Å². The van der Waals surface area contributed by atoms with Gasteiger partial charge in [-0.2, -0.15) is 0 Å². The molecule has 1 atom stereocenters. The van der Waals surface area contributed by atoms with E-state index in [9.17, 15) is 0 Å². The van der Waals surface area contributed by atoms with Crippen LogP contribution in [0.1, 0.15) is 38.2 Å². The first-order valence-electron chi connectivity index (χ1n) is 6.38. The second-order valence-corrected chi connectivity index (χ2v) is 6.50. The lowest BCUT2D eigenvalue weighted by Crippen LogP contribution is -1.99. The zero-order valence-electron chi connectivity index (χ0n) is 11.7. The van der Waals surface area contributed by atoms with Gasteiger partial charge in [0.1, 0.15) is 0 Å². The molecule has 0 aromatic heterocycles. The van der Waals surface area contributed by atoms with E-state index < -0.39 is 0 Å². The minimum Gasteiger partial charge on any atom is -0.0840 e. The highest BCUT2D eigenvalue weighted by atomic mass is 79.9. The summed E-state index contributed by atoms with van der Waals surface area (Å²) in [6, 6.07) is 10.8. The highest BCUT2D eigenvalue weighted by Crippen LogP contribution is 2.36. The fourth-order valence-corrected chi connectivity index (χ4v) is 3.58. The summed E-state index contributed by atoms with van der Waals surface area (Å²) in [6.07, 6.45) is 0. The number of rotatable bonds is 2. The quantitative estimate of drug-likeness (QED) is 0.584. The second kappa shape index (κ2) is 5.68. The Morgan fingerprint density at radius 1 is 0.842 bits per heavy atom. The summed E-state index contributed by atoms with van der Waals surface area (Å²) in [5.41, 5.74) is 7.55. The molecular formula is C17H18BrCl. The van der Waals surface area contributed by atoms with Crippen LogP contribution in [0, 0.1) is 27.7 Å². The molecule has 1 unspecified atom stereocenters. The van der Waals surface area contributed by atoms with E-state index in [0.29, 0.717) is 0 Å². The summed E-state index contributed by atoms with van der Waals surface area (Å²) in [6.45, 7) is 8.44. The van der Waals surface area contributed by atoms with E-state index in [0.717, 1.165) is 10.6 Å². The molecule has 19 heavy (non-hydrogen) atoms. The predicted molar refractivity (Wildman–Crippen MR) is 87.6 cm³/mol. The van der Waals surface area contributed by atoms with E-state index in [-0.39, 0.29) is 4.83 Å². The first kappa shape index (κ1) is 14.6. The summed E-state index contributed by atoms with van der Waals surface area (Å²) in [5, 5.41) is 0.835. The van der Waals surface area contributed by atoms with Crippen molar-refractivity contribution >= 4 is 27.5 Å². The summed E-state index contributed by atoms with van der Waals surface area (Å²) in [5.74, 6) is 0. The molecule has 0 radical (unpaired) electrons. The molecular weight excluding hydrogens is 320 g/mol. The lowest BCUT2D eigenvalue weighted by Gasteiger charge is -2.17. The average molecular weight is 338 g/mol. The molecule has 2 aromatic rings. The van der Waals surface area contributed by atoms with Crippen LogP contribution in [0.2, 0.25) is 5.02 Å². The van der Waals surface area contributed by atoms with Gasteiger partial charge in [-0.3, -0.25) is 0 Å². The van der Waals surface area contributed by atoms with E-state index in [4.69, 9.17) is 11.6 Å². The maximum absolute atomic E-state index is 6.17. The summed E-state index contributed by atoms with van der Waals surface area (Å²) >= 11 is 10.0. The Bertz CT molecular complexity index is 617. The summed E-state index contributed by atoms with van der Waals surface area (Å²) in [7, 11) is 0. The second-order valence-electron chi connectivity index (χ2n) is 5.18. The molecule has 0 spiro atoms. The molecule has 0 saturated carbocycles. The molecule has 0 amide bonds. The first-order chi connectivity index (χ1) is 8.90. The van der Waals surface area contributed by atoms with Gasteiger partial charge in [0.05, 0.1) is 4.83 Å². The van der Waals surface area contributed by atoms with Crippen molar-refractivity contribution in [3.8, 4) is 0 Å². The number of benzene rings is 2. The van der Waals surface area contributed by atoms with Gasteiger partial charge in [0, 0.05) is 5.02 Å². The zero-order chi connectivity index (χ0) is 14.2. The highest BCUT2D eigenvalue weighted by molar-refractivity contribution is 9.09. The largest absolute Gasteiger partial charge is 0.0840 e. The van der Waals surface area contributed by atoms with E-state index in [1.165, 1.54) is 27.8 Å². The monoisotopic (exact) mass is 336 g/mol. The van der Waals surface area contributed by atoms with Crippen molar-refractivity contribution in [2.75, 3.05) is 0 Å². The lowest BCUT2D eigenvalue weighted by molar-refractivity contribution is 1.10. The van der Waals surface area contributed by atoms with E-state index >= 15 is 0 Å². The fraction of sp³-hybridized carbons (Fsp3) is 0.294. The number of aryl methyl sites for hydroxylation is 4.